The zero-order valence-corrected chi connectivity index (χ0v) is 11.7. The molecule has 4 heteroatoms. The van der Waals surface area contributed by atoms with E-state index in [4.69, 9.17) is 5.73 Å². The van der Waals surface area contributed by atoms with Crippen molar-refractivity contribution in [1.82, 2.24) is 9.88 Å². The number of pyridine rings is 1. The summed E-state index contributed by atoms with van der Waals surface area (Å²) in [6, 6.07) is 3.87. The molecule has 0 saturated heterocycles. The molecule has 1 rings (SSSR count). The van der Waals surface area contributed by atoms with Crippen molar-refractivity contribution in [3.8, 4) is 0 Å². The highest BCUT2D eigenvalue weighted by Gasteiger charge is 2.21. The molecule has 0 aliphatic heterocycles. The summed E-state index contributed by atoms with van der Waals surface area (Å²) in [4.78, 5) is 18.0. The number of nitrogens with zero attached hydrogens (tertiary/aromatic N) is 2. The quantitative estimate of drug-likeness (QED) is 0.857. The Morgan fingerprint density at radius 1 is 1.44 bits per heavy atom. The van der Waals surface area contributed by atoms with Crippen LogP contribution in [0.15, 0.2) is 18.3 Å². The zero-order valence-electron chi connectivity index (χ0n) is 11.7. The van der Waals surface area contributed by atoms with Crippen LogP contribution in [0.2, 0.25) is 0 Å². The SMILES string of the molecule is Cc1ccc(CC(=O)N(C)CC(C)(C)CN)cn1. The summed E-state index contributed by atoms with van der Waals surface area (Å²) in [6.45, 7) is 7.29. The second-order valence-electron chi connectivity index (χ2n) is 5.60. The highest BCUT2D eigenvalue weighted by Crippen LogP contribution is 2.14. The second-order valence-corrected chi connectivity index (χ2v) is 5.60. The molecule has 0 saturated carbocycles. The lowest BCUT2D eigenvalue weighted by atomic mass is 9.93. The largest absolute Gasteiger partial charge is 0.345 e. The van der Waals surface area contributed by atoms with Gasteiger partial charge in [0.05, 0.1) is 6.42 Å². The summed E-state index contributed by atoms with van der Waals surface area (Å²) < 4.78 is 0. The zero-order chi connectivity index (χ0) is 13.8. The van der Waals surface area contributed by atoms with Crippen LogP contribution in [-0.2, 0) is 11.2 Å². The summed E-state index contributed by atoms with van der Waals surface area (Å²) in [7, 11) is 1.82. The van der Waals surface area contributed by atoms with Crippen LogP contribution in [0.1, 0.15) is 25.1 Å². The van der Waals surface area contributed by atoms with Crippen LogP contribution < -0.4 is 5.73 Å². The minimum atomic E-state index is -0.0457. The van der Waals surface area contributed by atoms with Gasteiger partial charge in [-0.05, 0) is 30.5 Å². The molecule has 0 aliphatic rings. The number of nitrogens with two attached hydrogens (primary N) is 1. The molecule has 0 fully saturated rings. The fourth-order valence-corrected chi connectivity index (χ4v) is 1.71. The van der Waals surface area contributed by atoms with Gasteiger partial charge in [0.15, 0.2) is 0 Å². The van der Waals surface area contributed by atoms with Crippen LogP contribution in [0, 0.1) is 12.3 Å². The predicted molar refractivity (Wildman–Crippen MR) is 73.2 cm³/mol. The smallest absolute Gasteiger partial charge is 0.226 e. The van der Waals surface area contributed by atoms with Gasteiger partial charge in [0.1, 0.15) is 0 Å². The number of hydrogen-bond acceptors (Lipinski definition) is 3. The van der Waals surface area contributed by atoms with Gasteiger partial charge in [0.25, 0.3) is 0 Å². The Hall–Kier alpha value is -1.42. The molecule has 2 N–H and O–H groups in total. The molecular weight excluding hydrogens is 226 g/mol. The van der Waals surface area contributed by atoms with E-state index in [0.29, 0.717) is 19.5 Å². The number of amides is 1. The van der Waals surface area contributed by atoms with E-state index in [1.54, 1.807) is 11.1 Å². The number of carbonyl (C=O) groups is 1. The number of aryl methyl sites for hydroxylation is 1. The van der Waals surface area contributed by atoms with Crippen molar-refractivity contribution in [2.75, 3.05) is 20.1 Å². The maximum absolute atomic E-state index is 12.0. The molecule has 0 unspecified atom stereocenters. The van der Waals surface area contributed by atoms with Gasteiger partial charge in [-0.3, -0.25) is 9.78 Å². The Balaban J connectivity index is 2.57. The molecule has 1 amide bonds. The second kappa shape index (κ2) is 5.96. The van der Waals surface area contributed by atoms with Crippen molar-refractivity contribution in [3.63, 3.8) is 0 Å². The molecule has 100 valence electrons. The van der Waals surface area contributed by atoms with Crippen molar-refractivity contribution in [2.45, 2.75) is 27.2 Å². The summed E-state index contributed by atoms with van der Waals surface area (Å²) >= 11 is 0. The summed E-state index contributed by atoms with van der Waals surface area (Å²) in [5.74, 6) is 0.0992. The van der Waals surface area contributed by atoms with Crippen LogP contribution in [0.5, 0.6) is 0 Å². The lowest BCUT2D eigenvalue weighted by Crippen LogP contribution is -2.40. The average Bonchev–Trinajstić information content (AvgIpc) is 2.31. The number of carbonyl (C=O) groups excluding carboxylic acids is 1. The minimum absolute atomic E-state index is 0.0457. The van der Waals surface area contributed by atoms with Gasteiger partial charge >= 0.3 is 0 Å². The van der Waals surface area contributed by atoms with Crippen molar-refractivity contribution in [1.29, 1.82) is 0 Å². The molecule has 0 aromatic carbocycles. The molecular formula is C14H23N3O. The number of hydrogen-bond donors (Lipinski definition) is 1. The van der Waals surface area contributed by atoms with Gasteiger partial charge in [-0.1, -0.05) is 19.9 Å². The van der Waals surface area contributed by atoms with Crippen LogP contribution in [0.25, 0.3) is 0 Å². The van der Waals surface area contributed by atoms with E-state index in [1.807, 2.05) is 26.1 Å². The Bertz CT molecular complexity index is 398. The first-order chi connectivity index (χ1) is 8.34. The van der Waals surface area contributed by atoms with Crippen molar-refractivity contribution < 1.29 is 4.79 Å². The van der Waals surface area contributed by atoms with E-state index in [9.17, 15) is 4.79 Å². The molecule has 0 bridgehead atoms. The van der Waals surface area contributed by atoms with Crippen molar-refractivity contribution in [2.24, 2.45) is 11.1 Å². The number of rotatable bonds is 5. The molecule has 1 aromatic heterocycles. The molecule has 0 atom stereocenters. The molecule has 0 radical (unpaired) electrons. The van der Waals surface area contributed by atoms with Gasteiger partial charge in [-0.25, -0.2) is 0 Å². The normalized spacial score (nSPS) is 11.4. The summed E-state index contributed by atoms with van der Waals surface area (Å²) in [6.07, 6.45) is 2.15. The standard InChI is InChI=1S/C14H23N3O/c1-11-5-6-12(8-16-11)7-13(18)17(4)10-14(2,3)9-15/h5-6,8H,7,9-10,15H2,1-4H3. The highest BCUT2D eigenvalue weighted by atomic mass is 16.2. The Kier molecular flexibility index (Phi) is 4.84. The van der Waals surface area contributed by atoms with Crippen LogP contribution >= 0.6 is 0 Å². The average molecular weight is 249 g/mol. The monoisotopic (exact) mass is 249 g/mol. The lowest BCUT2D eigenvalue weighted by molar-refractivity contribution is -0.130. The van der Waals surface area contributed by atoms with E-state index < -0.39 is 0 Å². The molecule has 1 heterocycles. The third-order valence-electron chi connectivity index (χ3n) is 2.97. The molecule has 4 nitrogen and oxygen atoms in total. The van der Waals surface area contributed by atoms with Crippen LogP contribution in [0.4, 0.5) is 0 Å². The van der Waals surface area contributed by atoms with Gasteiger partial charge in [-0.2, -0.15) is 0 Å². The number of aromatic nitrogens is 1. The van der Waals surface area contributed by atoms with Crippen LogP contribution in [0.3, 0.4) is 0 Å². The van der Waals surface area contributed by atoms with Gasteiger partial charge in [-0.15, -0.1) is 0 Å². The topological polar surface area (TPSA) is 59.2 Å². The van der Waals surface area contributed by atoms with E-state index >= 15 is 0 Å². The van der Waals surface area contributed by atoms with Gasteiger partial charge < -0.3 is 10.6 Å². The van der Waals surface area contributed by atoms with E-state index in [-0.39, 0.29) is 11.3 Å². The summed E-state index contributed by atoms with van der Waals surface area (Å²) in [5, 5.41) is 0. The van der Waals surface area contributed by atoms with E-state index in [0.717, 1.165) is 11.3 Å². The van der Waals surface area contributed by atoms with E-state index in [1.165, 1.54) is 0 Å². The van der Waals surface area contributed by atoms with Crippen LogP contribution in [-0.4, -0.2) is 35.9 Å². The Labute approximate surface area is 109 Å². The van der Waals surface area contributed by atoms with Crippen molar-refractivity contribution >= 4 is 5.91 Å². The van der Waals surface area contributed by atoms with Gasteiger partial charge in [0.2, 0.25) is 5.91 Å². The first kappa shape index (κ1) is 14.6. The van der Waals surface area contributed by atoms with E-state index in [2.05, 4.69) is 18.8 Å². The highest BCUT2D eigenvalue weighted by molar-refractivity contribution is 5.78. The molecule has 1 aromatic rings. The fourth-order valence-electron chi connectivity index (χ4n) is 1.71. The number of likely N-dealkylation sites (N-methyl/N-ethyl adjacent to an activating group) is 1. The Morgan fingerprint density at radius 3 is 2.61 bits per heavy atom. The van der Waals surface area contributed by atoms with Crippen molar-refractivity contribution in [3.05, 3.63) is 29.6 Å². The maximum atomic E-state index is 12.0. The predicted octanol–water partition coefficient (Wildman–Crippen LogP) is 1.38. The lowest BCUT2D eigenvalue weighted by Gasteiger charge is -2.29. The molecule has 0 aliphatic carbocycles. The fraction of sp³-hybridized carbons (Fsp3) is 0.571. The Morgan fingerprint density at radius 2 is 2.11 bits per heavy atom. The molecule has 0 spiro atoms. The third-order valence-corrected chi connectivity index (χ3v) is 2.97. The summed E-state index contributed by atoms with van der Waals surface area (Å²) in [5.41, 5.74) is 7.54. The third kappa shape index (κ3) is 4.45. The maximum Gasteiger partial charge on any atom is 0.226 e. The first-order valence-corrected chi connectivity index (χ1v) is 6.19. The van der Waals surface area contributed by atoms with Gasteiger partial charge in [0, 0.05) is 25.5 Å². The molecule has 18 heavy (non-hydrogen) atoms. The minimum Gasteiger partial charge on any atom is -0.345 e. The first-order valence-electron chi connectivity index (χ1n) is 6.19.